The number of amides is 1. The number of carbonyl (C=O) groups excluding carboxylic acids is 1. The monoisotopic (exact) mass is 235 g/mol. The number of thioether (sulfide) groups is 1. The molecule has 0 saturated carbocycles. The number of hydrogen-bond donors (Lipinski definition) is 2. The van der Waals surface area contributed by atoms with Crippen LogP contribution in [0.1, 0.15) is 12.8 Å². The molecule has 0 aliphatic carbocycles. The van der Waals surface area contributed by atoms with Crippen molar-refractivity contribution < 1.29 is 4.79 Å². The number of nitrogens with one attached hydrogen (secondary N) is 2. The van der Waals surface area contributed by atoms with Gasteiger partial charge in [0.05, 0.1) is 12.6 Å². The lowest BCUT2D eigenvalue weighted by Gasteiger charge is -2.09. The average Bonchev–Trinajstić information content (AvgIpc) is 2.74. The molecular formula is C8H14ClN3OS. The Balaban J connectivity index is 0.000000980. The molecule has 0 aromatic heterocycles. The fraction of sp³-hybridized carbons (Fsp3) is 0.750. The van der Waals surface area contributed by atoms with Crippen LogP contribution >= 0.6 is 24.2 Å². The van der Waals surface area contributed by atoms with E-state index in [2.05, 4.69) is 15.6 Å². The Morgan fingerprint density at radius 3 is 3.07 bits per heavy atom. The van der Waals surface area contributed by atoms with Crippen molar-refractivity contribution in [2.45, 2.75) is 18.9 Å². The summed E-state index contributed by atoms with van der Waals surface area (Å²) in [5.41, 5.74) is 0. The molecule has 6 heteroatoms. The van der Waals surface area contributed by atoms with Crippen LogP contribution in [0.3, 0.4) is 0 Å². The minimum atomic E-state index is 0. The first-order valence-electron chi connectivity index (χ1n) is 4.58. The Hall–Kier alpha value is -0.260. The summed E-state index contributed by atoms with van der Waals surface area (Å²) < 4.78 is 0. The van der Waals surface area contributed by atoms with E-state index in [1.807, 2.05) is 0 Å². The summed E-state index contributed by atoms with van der Waals surface area (Å²) in [6.07, 6.45) is 2.04. The molecule has 0 aromatic carbocycles. The summed E-state index contributed by atoms with van der Waals surface area (Å²) in [7, 11) is 0. The van der Waals surface area contributed by atoms with E-state index in [0.717, 1.165) is 36.9 Å². The molecule has 1 atom stereocenters. The van der Waals surface area contributed by atoms with E-state index >= 15 is 0 Å². The molecule has 2 N–H and O–H groups in total. The van der Waals surface area contributed by atoms with Crippen molar-refractivity contribution >= 4 is 35.2 Å². The van der Waals surface area contributed by atoms with Crippen molar-refractivity contribution in [1.29, 1.82) is 0 Å². The summed E-state index contributed by atoms with van der Waals surface area (Å²) in [4.78, 5) is 15.7. The van der Waals surface area contributed by atoms with Gasteiger partial charge < -0.3 is 10.6 Å². The predicted molar refractivity (Wildman–Crippen MR) is 61.2 cm³/mol. The zero-order valence-corrected chi connectivity index (χ0v) is 9.42. The first-order chi connectivity index (χ1) is 6.36. The summed E-state index contributed by atoms with van der Waals surface area (Å²) in [6, 6.07) is 0.00361. The molecular weight excluding hydrogens is 222 g/mol. The summed E-state index contributed by atoms with van der Waals surface area (Å²) in [5.74, 6) is 1.07. The highest BCUT2D eigenvalue weighted by molar-refractivity contribution is 8.14. The van der Waals surface area contributed by atoms with Gasteiger partial charge in [-0.25, -0.2) is 0 Å². The molecule has 1 saturated heterocycles. The first kappa shape index (κ1) is 11.8. The smallest absolute Gasteiger partial charge is 0.243 e. The van der Waals surface area contributed by atoms with Crippen molar-refractivity contribution in [2.24, 2.45) is 4.99 Å². The minimum Gasteiger partial charge on any atom is -0.306 e. The van der Waals surface area contributed by atoms with Gasteiger partial charge in [-0.1, -0.05) is 11.8 Å². The maximum absolute atomic E-state index is 11.5. The molecule has 1 unspecified atom stereocenters. The van der Waals surface area contributed by atoms with Gasteiger partial charge in [0.2, 0.25) is 5.91 Å². The molecule has 80 valence electrons. The van der Waals surface area contributed by atoms with Gasteiger partial charge in [0, 0.05) is 5.75 Å². The molecule has 2 aliphatic heterocycles. The lowest BCUT2D eigenvalue weighted by Crippen LogP contribution is -2.42. The van der Waals surface area contributed by atoms with Crippen molar-refractivity contribution in [3.8, 4) is 0 Å². The van der Waals surface area contributed by atoms with Gasteiger partial charge in [0.15, 0.2) is 5.17 Å². The fourth-order valence-electron chi connectivity index (χ4n) is 1.51. The normalized spacial score (nSPS) is 25.4. The molecule has 0 radical (unpaired) electrons. The molecule has 0 spiro atoms. The van der Waals surface area contributed by atoms with Crippen LogP contribution in [0.25, 0.3) is 0 Å². The van der Waals surface area contributed by atoms with E-state index in [-0.39, 0.29) is 24.4 Å². The number of rotatable bonds is 1. The van der Waals surface area contributed by atoms with Crippen LogP contribution in [0.5, 0.6) is 0 Å². The SMILES string of the molecule is Cl.O=C(NC1=NCCS1)C1CCCN1. The van der Waals surface area contributed by atoms with Gasteiger partial charge in [-0.05, 0) is 19.4 Å². The number of carbonyl (C=O) groups is 1. The predicted octanol–water partition coefficient (Wildman–Crippen LogP) is 0.379. The number of amidine groups is 1. The van der Waals surface area contributed by atoms with Crippen molar-refractivity contribution in [3.05, 3.63) is 0 Å². The summed E-state index contributed by atoms with van der Waals surface area (Å²) in [5, 5.41) is 6.78. The number of halogens is 1. The molecule has 2 heterocycles. The molecule has 2 rings (SSSR count). The second-order valence-corrected chi connectivity index (χ2v) is 4.26. The number of aliphatic imine (C=N–C) groups is 1. The van der Waals surface area contributed by atoms with Gasteiger partial charge in [-0.2, -0.15) is 0 Å². The Kier molecular flexibility index (Phi) is 4.71. The zero-order valence-electron chi connectivity index (χ0n) is 7.78. The van der Waals surface area contributed by atoms with Crippen molar-refractivity contribution in [3.63, 3.8) is 0 Å². The second-order valence-electron chi connectivity index (χ2n) is 3.17. The molecule has 1 fully saturated rings. The molecule has 1 amide bonds. The van der Waals surface area contributed by atoms with Crippen molar-refractivity contribution in [2.75, 3.05) is 18.8 Å². The lowest BCUT2D eigenvalue weighted by atomic mass is 10.2. The Labute approximate surface area is 93.7 Å². The summed E-state index contributed by atoms with van der Waals surface area (Å²) >= 11 is 1.62. The van der Waals surface area contributed by atoms with Gasteiger partial charge in [-0.15, -0.1) is 12.4 Å². The van der Waals surface area contributed by atoms with Crippen LogP contribution in [0, 0.1) is 0 Å². The third kappa shape index (κ3) is 2.87. The van der Waals surface area contributed by atoms with Crippen LogP contribution in [0.2, 0.25) is 0 Å². The Bertz CT molecular complexity index is 241. The standard InChI is InChI=1S/C8H13N3OS.ClH/c12-7(6-2-1-3-9-6)11-8-10-4-5-13-8;/h6,9H,1-5H2,(H,10,11,12);1H. The second kappa shape index (κ2) is 5.58. The molecule has 14 heavy (non-hydrogen) atoms. The van der Waals surface area contributed by atoms with Crippen LogP contribution in [-0.4, -0.2) is 36.0 Å². The van der Waals surface area contributed by atoms with E-state index in [1.54, 1.807) is 11.8 Å². The van der Waals surface area contributed by atoms with E-state index in [9.17, 15) is 4.79 Å². The van der Waals surface area contributed by atoms with Crippen LogP contribution in [-0.2, 0) is 4.79 Å². The quantitative estimate of drug-likeness (QED) is 0.691. The number of hydrogen-bond acceptors (Lipinski definition) is 4. The lowest BCUT2D eigenvalue weighted by molar-refractivity contribution is -0.121. The number of nitrogens with zero attached hydrogens (tertiary/aromatic N) is 1. The van der Waals surface area contributed by atoms with Gasteiger partial charge in [-0.3, -0.25) is 9.79 Å². The van der Waals surface area contributed by atoms with E-state index < -0.39 is 0 Å². The van der Waals surface area contributed by atoms with E-state index in [1.165, 1.54) is 0 Å². The molecule has 4 nitrogen and oxygen atoms in total. The maximum Gasteiger partial charge on any atom is 0.243 e. The van der Waals surface area contributed by atoms with Crippen molar-refractivity contribution in [1.82, 2.24) is 10.6 Å². The van der Waals surface area contributed by atoms with Gasteiger partial charge in [0.1, 0.15) is 0 Å². The van der Waals surface area contributed by atoms with Crippen LogP contribution < -0.4 is 10.6 Å². The Morgan fingerprint density at radius 2 is 2.50 bits per heavy atom. The zero-order chi connectivity index (χ0) is 9.10. The van der Waals surface area contributed by atoms with Crippen LogP contribution in [0.15, 0.2) is 4.99 Å². The summed E-state index contributed by atoms with van der Waals surface area (Å²) in [6.45, 7) is 1.79. The first-order valence-corrected chi connectivity index (χ1v) is 5.56. The molecule has 0 aromatic rings. The van der Waals surface area contributed by atoms with E-state index in [0.29, 0.717) is 0 Å². The highest BCUT2D eigenvalue weighted by Crippen LogP contribution is 2.10. The van der Waals surface area contributed by atoms with E-state index in [4.69, 9.17) is 0 Å². The third-order valence-electron chi connectivity index (χ3n) is 2.19. The highest BCUT2D eigenvalue weighted by atomic mass is 35.5. The highest BCUT2D eigenvalue weighted by Gasteiger charge is 2.23. The average molecular weight is 236 g/mol. The topological polar surface area (TPSA) is 53.5 Å². The minimum absolute atomic E-state index is 0. The molecule has 0 bridgehead atoms. The van der Waals surface area contributed by atoms with Gasteiger partial charge >= 0.3 is 0 Å². The fourth-order valence-corrected chi connectivity index (χ4v) is 2.24. The third-order valence-corrected chi connectivity index (χ3v) is 3.08. The largest absolute Gasteiger partial charge is 0.306 e. The van der Waals surface area contributed by atoms with Crippen LogP contribution in [0.4, 0.5) is 0 Å². The molecule has 2 aliphatic rings. The Morgan fingerprint density at radius 1 is 1.64 bits per heavy atom. The van der Waals surface area contributed by atoms with Gasteiger partial charge in [0.25, 0.3) is 0 Å². The maximum atomic E-state index is 11.5.